The maximum absolute atomic E-state index is 13.1. The van der Waals surface area contributed by atoms with Gasteiger partial charge in [0.2, 0.25) is 5.88 Å². The van der Waals surface area contributed by atoms with E-state index in [9.17, 15) is 4.79 Å². The molecule has 1 aliphatic rings. The molecule has 0 bridgehead atoms. The number of aryl methyl sites for hydroxylation is 1. The fourth-order valence-electron chi connectivity index (χ4n) is 3.84. The SMILES string of the molecule is COc1nc(N2CCOCC2)cc(C)c1C(=O)NCc1ccccc1-c1ccccc1. The molecule has 0 atom stereocenters. The van der Waals surface area contributed by atoms with Crippen LogP contribution in [-0.4, -0.2) is 44.3 Å². The van der Waals surface area contributed by atoms with Gasteiger partial charge >= 0.3 is 0 Å². The van der Waals surface area contributed by atoms with E-state index < -0.39 is 0 Å². The van der Waals surface area contributed by atoms with Crippen molar-refractivity contribution in [3.63, 3.8) is 0 Å². The fourth-order valence-corrected chi connectivity index (χ4v) is 3.84. The van der Waals surface area contributed by atoms with Crippen molar-refractivity contribution >= 4 is 11.7 Å². The van der Waals surface area contributed by atoms with Crippen molar-refractivity contribution in [3.8, 4) is 17.0 Å². The number of nitrogens with zero attached hydrogens (tertiary/aromatic N) is 2. The van der Waals surface area contributed by atoms with Gasteiger partial charge in [0.1, 0.15) is 11.4 Å². The predicted octanol–water partition coefficient (Wildman–Crippen LogP) is 3.83. The maximum atomic E-state index is 13.1. The smallest absolute Gasteiger partial charge is 0.257 e. The van der Waals surface area contributed by atoms with E-state index >= 15 is 0 Å². The van der Waals surface area contributed by atoms with Crippen LogP contribution in [0.3, 0.4) is 0 Å². The zero-order valence-electron chi connectivity index (χ0n) is 17.9. The van der Waals surface area contributed by atoms with E-state index in [0.717, 1.165) is 41.2 Å². The molecule has 4 rings (SSSR count). The van der Waals surface area contributed by atoms with Crippen LogP contribution in [0.5, 0.6) is 5.88 Å². The summed E-state index contributed by atoms with van der Waals surface area (Å²) in [5, 5.41) is 3.05. The Morgan fingerprint density at radius 2 is 1.81 bits per heavy atom. The highest BCUT2D eigenvalue weighted by atomic mass is 16.5. The van der Waals surface area contributed by atoms with Gasteiger partial charge in [-0.1, -0.05) is 54.6 Å². The second kappa shape index (κ2) is 9.62. The molecule has 2 aromatic carbocycles. The van der Waals surface area contributed by atoms with Crippen molar-refractivity contribution in [2.75, 3.05) is 38.3 Å². The minimum Gasteiger partial charge on any atom is -0.480 e. The van der Waals surface area contributed by atoms with Crippen molar-refractivity contribution in [1.29, 1.82) is 0 Å². The Kier molecular flexibility index (Phi) is 6.48. The summed E-state index contributed by atoms with van der Waals surface area (Å²) in [5.74, 6) is 0.956. The Balaban J connectivity index is 1.54. The molecule has 6 nitrogen and oxygen atoms in total. The Hall–Kier alpha value is -3.38. The first-order chi connectivity index (χ1) is 15.2. The number of hydrogen-bond donors (Lipinski definition) is 1. The van der Waals surface area contributed by atoms with E-state index in [4.69, 9.17) is 9.47 Å². The number of morpholine rings is 1. The lowest BCUT2D eigenvalue weighted by molar-refractivity contribution is 0.0946. The van der Waals surface area contributed by atoms with Crippen molar-refractivity contribution < 1.29 is 14.3 Å². The van der Waals surface area contributed by atoms with Crippen LogP contribution in [0.15, 0.2) is 60.7 Å². The number of hydrogen-bond acceptors (Lipinski definition) is 5. The Labute approximate surface area is 182 Å². The number of anilines is 1. The molecule has 1 fully saturated rings. The van der Waals surface area contributed by atoms with Gasteiger partial charge in [0, 0.05) is 19.6 Å². The summed E-state index contributed by atoms with van der Waals surface area (Å²) in [7, 11) is 1.55. The molecule has 1 amide bonds. The van der Waals surface area contributed by atoms with E-state index in [1.165, 1.54) is 0 Å². The Morgan fingerprint density at radius 1 is 1.10 bits per heavy atom. The Bertz CT molecular complexity index is 1050. The third-order valence-corrected chi connectivity index (χ3v) is 5.47. The zero-order chi connectivity index (χ0) is 21.6. The highest BCUT2D eigenvalue weighted by Crippen LogP contribution is 2.27. The summed E-state index contributed by atoms with van der Waals surface area (Å²) < 4.78 is 10.9. The molecule has 1 aromatic heterocycles. The molecule has 6 heteroatoms. The number of methoxy groups -OCH3 is 1. The zero-order valence-corrected chi connectivity index (χ0v) is 17.9. The molecule has 3 aromatic rings. The molecule has 0 unspecified atom stereocenters. The van der Waals surface area contributed by atoms with Gasteiger partial charge in [0.05, 0.1) is 20.3 Å². The number of nitrogens with one attached hydrogen (secondary N) is 1. The van der Waals surface area contributed by atoms with Gasteiger partial charge in [0.25, 0.3) is 5.91 Å². The molecule has 31 heavy (non-hydrogen) atoms. The number of carbonyl (C=O) groups is 1. The van der Waals surface area contributed by atoms with Crippen molar-refractivity contribution in [2.24, 2.45) is 0 Å². The summed E-state index contributed by atoms with van der Waals surface area (Å²) in [4.78, 5) is 19.8. The number of benzene rings is 2. The molecule has 0 radical (unpaired) electrons. The van der Waals surface area contributed by atoms with Gasteiger partial charge in [-0.15, -0.1) is 0 Å². The minimum absolute atomic E-state index is 0.196. The van der Waals surface area contributed by atoms with Crippen LogP contribution < -0.4 is 15.0 Å². The van der Waals surface area contributed by atoms with E-state index in [-0.39, 0.29) is 5.91 Å². The Morgan fingerprint density at radius 3 is 2.55 bits per heavy atom. The quantitative estimate of drug-likeness (QED) is 0.660. The largest absolute Gasteiger partial charge is 0.480 e. The van der Waals surface area contributed by atoms with Crippen LogP contribution in [0, 0.1) is 6.92 Å². The molecule has 0 saturated carbocycles. The number of ether oxygens (including phenoxy) is 2. The second-order valence-corrected chi connectivity index (χ2v) is 7.49. The minimum atomic E-state index is -0.196. The third kappa shape index (κ3) is 4.70. The van der Waals surface area contributed by atoms with E-state index in [0.29, 0.717) is 31.2 Å². The highest BCUT2D eigenvalue weighted by Gasteiger charge is 2.21. The van der Waals surface area contributed by atoms with Crippen LogP contribution in [0.2, 0.25) is 0 Å². The lowest BCUT2D eigenvalue weighted by atomic mass is 9.99. The topological polar surface area (TPSA) is 63.7 Å². The van der Waals surface area contributed by atoms with Crippen LogP contribution in [0.4, 0.5) is 5.82 Å². The monoisotopic (exact) mass is 417 g/mol. The molecule has 1 N–H and O–H groups in total. The summed E-state index contributed by atoms with van der Waals surface area (Å²) in [6, 6.07) is 20.2. The lowest BCUT2D eigenvalue weighted by Gasteiger charge is -2.28. The first-order valence-electron chi connectivity index (χ1n) is 10.5. The number of carbonyl (C=O) groups excluding carboxylic acids is 1. The van der Waals surface area contributed by atoms with Gasteiger partial charge in [0.15, 0.2) is 0 Å². The van der Waals surface area contributed by atoms with Crippen molar-refractivity contribution in [3.05, 3.63) is 77.4 Å². The van der Waals surface area contributed by atoms with Gasteiger partial charge in [-0.25, -0.2) is 0 Å². The van der Waals surface area contributed by atoms with E-state index in [2.05, 4.69) is 33.4 Å². The molecular weight excluding hydrogens is 390 g/mol. The molecule has 1 saturated heterocycles. The van der Waals surface area contributed by atoms with Crippen LogP contribution >= 0.6 is 0 Å². The number of aromatic nitrogens is 1. The van der Waals surface area contributed by atoms with E-state index in [1.807, 2.05) is 49.4 Å². The first-order valence-corrected chi connectivity index (χ1v) is 10.5. The molecule has 1 aliphatic heterocycles. The van der Waals surface area contributed by atoms with E-state index in [1.54, 1.807) is 7.11 Å². The number of rotatable bonds is 6. The van der Waals surface area contributed by atoms with Crippen LogP contribution in [-0.2, 0) is 11.3 Å². The van der Waals surface area contributed by atoms with Gasteiger partial charge in [-0.3, -0.25) is 4.79 Å². The maximum Gasteiger partial charge on any atom is 0.257 e. The predicted molar refractivity (Wildman–Crippen MR) is 122 cm³/mol. The fraction of sp³-hybridized carbons (Fsp3) is 0.280. The average Bonchev–Trinajstić information content (AvgIpc) is 2.83. The first kappa shape index (κ1) is 20.9. The average molecular weight is 418 g/mol. The summed E-state index contributed by atoms with van der Waals surface area (Å²) in [5.41, 5.74) is 4.58. The third-order valence-electron chi connectivity index (χ3n) is 5.47. The van der Waals surface area contributed by atoms with Crippen molar-refractivity contribution in [1.82, 2.24) is 10.3 Å². The van der Waals surface area contributed by atoms with Crippen LogP contribution in [0.25, 0.3) is 11.1 Å². The normalized spacial score (nSPS) is 13.7. The summed E-state index contributed by atoms with van der Waals surface area (Å²) in [6.07, 6.45) is 0. The molecule has 2 heterocycles. The lowest BCUT2D eigenvalue weighted by Crippen LogP contribution is -2.37. The number of pyridine rings is 1. The standard InChI is InChI=1S/C25H27N3O3/c1-18-16-22(28-12-14-31-15-13-28)27-25(30-2)23(18)24(29)26-17-20-10-6-7-11-21(20)19-8-4-3-5-9-19/h3-11,16H,12-15,17H2,1-2H3,(H,26,29). The van der Waals surface area contributed by atoms with Crippen LogP contribution in [0.1, 0.15) is 21.5 Å². The summed E-state index contributed by atoms with van der Waals surface area (Å²) >= 11 is 0. The van der Waals surface area contributed by atoms with Gasteiger partial charge in [-0.05, 0) is 35.2 Å². The second-order valence-electron chi connectivity index (χ2n) is 7.49. The van der Waals surface area contributed by atoms with Gasteiger partial charge in [-0.2, -0.15) is 4.98 Å². The molecule has 0 spiro atoms. The van der Waals surface area contributed by atoms with Gasteiger partial charge < -0.3 is 19.7 Å². The summed E-state index contributed by atoms with van der Waals surface area (Å²) in [6.45, 7) is 5.23. The molecule has 160 valence electrons. The molecule has 0 aliphatic carbocycles. The highest BCUT2D eigenvalue weighted by molar-refractivity contribution is 5.98. The van der Waals surface area contributed by atoms with Crippen molar-refractivity contribution in [2.45, 2.75) is 13.5 Å². The molecular formula is C25H27N3O3. The number of amides is 1.